The van der Waals surface area contributed by atoms with Crippen LogP contribution >= 0.6 is 15.9 Å². The highest BCUT2D eigenvalue weighted by atomic mass is 79.9. The van der Waals surface area contributed by atoms with Crippen molar-refractivity contribution in [1.29, 1.82) is 0 Å². The van der Waals surface area contributed by atoms with E-state index in [1.54, 1.807) is 0 Å². The highest BCUT2D eigenvalue weighted by Gasteiger charge is 2.15. The molecule has 3 heteroatoms. The molecule has 1 N–H and O–H groups in total. The lowest BCUT2D eigenvalue weighted by molar-refractivity contribution is 0.523. The fourth-order valence-corrected chi connectivity index (χ4v) is 3.02. The lowest BCUT2D eigenvalue weighted by atomic mass is 10.00. The molecule has 106 valence electrons. The van der Waals surface area contributed by atoms with Crippen LogP contribution in [0.25, 0.3) is 0 Å². The summed E-state index contributed by atoms with van der Waals surface area (Å²) in [7, 11) is 0. The summed E-state index contributed by atoms with van der Waals surface area (Å²) in [5.74, 6) is 0. The number of benzene rings is 1. The summed E-state index contributed by atoms with van der Waals surface area (Å²) >= 11 is 3.69. The molecular formula is C17H21BrN2. The van der Waals surface area contributed by atoms with Crippen LogP contribution in [0, 0.1) is 6.92 Å². The van der Waals surface area contributed by atoms with Crippen molar-refractivity contribution in [3.05, 3.63) is 63.9 Å². The van der Waals surface area contributed by atoms with Crippen molar-refractivity contribution in [2.24, 2.45) is 0 Å². The summed E-state index contributed by atoms with van der Waals surface area (Å²) in [5, 5.41) is 3.62. The smallest absolute Gasteiger partial charge is 0.0422 e. The van der Waals surface area contributed by atoms with Crippen LogP contribution in [0.1, 0.15) is 36.2 Å². The maximum absolute atomic E-state index is 4.44. The topological polar surface area (TPSA) is 24.9 Å². The molecule has 1 aromatic carbocycles. The van der Waals surface area contributed by atoms with Gasteiger partial charge in [-0.05, 0) is 49.2 Å². The maximum atomic E-state index is 4.44. The summed E-state index contributed by atoms with van der Waals surface area (Å²) in [5.41, 5.74) is 3.69. The van der Waals surface area contributed by atoms with Crippen molar-refractivity contribution < 1.29 is 0 Å². The molecule has 0 aliphatic heterocycles. The Morgan fingerprint density at radius 1 is 1.25 bits per heavy atom. The van der Waals surface area contributed by atoms with E-state index in [0.717, 1.165) is 25.1 Å². The summed E-state index contributed by atoms with van der Waals surface area (Å²) in [6.45, 7) is 5.31. The number of aryl methyl sites for hydroxylation is 1. The van der Waals surface area contributed by atoms with E-state index in [1.165, 1.54) is 15.6 Å². The van der Waals surface area contributed by atoms with Crippen molar-refractivity contribution >= 4 is 15.9 Å². The molecule has 0 fully saturated rings. The van der Waals surface area contributed by atoms with Gasteiger partial charge in [0, 0.05) is 28.8 Å². The second-order valence-electron chi connectivity index (χ2n) is 5.06. The normalized spacial score (nSPS) is 12.3. The molecule has 1 heterocycles. The van der Waals surface area contributed by atoms with Gasteiger partial charge < -0.3 is 5.32 Å². The minimum absolute atomic E-state index is 0.292. The van der Waals surface area contributed by atoms with E-state index in [0.29, 0.717) is 6.04 Å². The molecule has 0 aliphatic rings. The fraction of sp³-hybridized carbons (Fsp3) is 0.353. The van der Waals surface area contributed by atoms with Crippen LogP contribution < -0.4 is 5.32 Å². The van der Waals surface area contributed by atoms with Crippen LogP contribution in [0.4, 0.5) is 0 Å². The summed E-state index contributed by atoms with van der Waals surface area (Å²) in [6, 6.07) is 12.9. The quantitative estimate of drug-likeness (QED) is 0.846. The predicted molar refractivity (Wildman–Crippen MR) is 87.9 cm³/mol. The van der Waals surface area contributed by atoms with Gasteiger partial charge in [0.05, 0.1) is 0 Å². The largest absolute Gasteiger partial charge is 0.310 e. The number of nitrogens with one attached hydrogen (secondary N) is 1. The minimum Gasteiger partial charge on any atom is -0.310 e. The van der Waals surface area contributed by atoms with E-state index in [1.807, 2.05) is 18.3 Å². The molecular weight excluding hydrogens is 312 g/mol. The van der Waals surface area contributed by atoms with E-state index in [-0.39, 0.29) is 0 Å². The average Bonchev–Trinajstić information content (AvgIpc) is 2.45. The standard InChI is InChI=1S/C17H21BrN2/c1-3-9-20-17(12-14-6-4-5-10-19-14)15-8-7-13(2)11-16(15)18/h4-8,10-11,17,20H,3,9,12H2,1-2H3. The van der Waals surface area contributed by atoms with Crippen LogP contribution in [0.5, 0.6) is 0 Å². The van der Waals surface area contributed by atoms with Gasteiger partial charge in [-0.1, -0.05) is 41.1 Å². The van der Waals surface area contributed by atoms with Crippen molar-refractivity contribution in [2.45, 2.75) is 32.7 Å². The van der Waals surface area contributed by atoms with Gasteiger partial charge >= 0.3 is 0 Å². The first-order chi connectivity index (χ1) is 9.70. The third kappa shape index (κ3) is 4.15. The summed E-state index contributed by atoms with van der Waals surface area (Å²) < 4.78 is 1.17. The molecule has 0 saturated carbocycles. The predicted octanol–water partition coefficient (Wildman–Crippen LogP) is 4.44. The molecule has 0 bridgehead atoms. The van der Waals surface area contributed by atoms with Crippen molar-refractivity contribution in [3.8, 4) is 0 Å². The zero-order valence-corrected chi connectivity index (χ0v) is 13.7. The lowest BCUT2D eigenvalue weighted by Crippen LogP contribution is -2.24. The van der Waals surface area contributed by atoms with E-state index in [4.69, 9.17) is 0 Å². The zero-order chi connectivity index (χ0) is 14.4. The number of halogens is 1. The van der Waals surface area contributed by atoms with Crippen LogP contribution in [-0.4, -0.2) is 11.5 Å². The molecule has 2 rings (SSSR count). The Bertz CT molecular complexity index is 540. The van der Waals surface area contributed by atoms with Gasteiger partial charge in [0.15, 0.2) is 0 Å². The van der Waals surface area contributed by atoms with E-state index < -0.39 is 0 Å². The Hall–Kier alpha value is -1.19. The highest BCUT2D eigenvalue weighted by molar-refractivity contribution is 9.10. The molecule has 0 aliphatic carbocycles. The molecule has 1 unspecified atom stereocenters. The van der Waals surface area contributed by atoms with Crippen molar-refractivity contribution in [2.75, 3.05) is 6.54 Å². The van der Waals surface area contributed by atoms with Crippen LogP contribution in [0.15, 0.2) is 47.1 Å². The zero-order valence-electron chi connectivity index (χ0n) is 12.1. The Balaban J connectivity index is 2.22. The summed E-state index contributed by atoms with van der Waals surface area (Å²) in [6.07, 6.45) is 3.89. The Morgan fingerprint density at radius 3 is 2.75 bits per heavy atom. The summed E-state index contributed by atoms with van der Waals surface area (Å²) in [4.78, 5) is 4.44. The monoisotopic (exact) mass is 332 g/mol. The molecule has 1 aromatic heterocycles. The number of nitrogens with zero attached hydrogens (tertiary/aromatic N) is 1. The van der Waals surface area contributed by atoms with Gasteiger partial charge in [-0.3, -0.25) is 4.98 Å². The average molecular weight is 333 g/mol. The van der Waals surface area contributed by atoms with E-state index in [9.17, 15) is 0 Å². The Kier molecular flexibility index (Phi) is 5.74. The molecule has 2 nitrogen and oxygen atoms in total. The van der Waals surface area contributed by atoms with Gasteiger partial charge in [0.2, 0.25) is 0 Å². The first-order valence-electron chi connectivity index (χ1n) is 7.10. The third-order valence-corrected chi connectivity index (χ3v) is 4.00. The Morgan fingerprint density at radius 2 is 2.10 bits per heavy atom. The minimum atomic E-state index is 0.292. The van der Waals surface area contributed by atoms with Crippen LogP contribution in [0.3, 0.4) is 0 Å². The van der Waals surface area contributed by atoms with Gasteiger partial charge in [-0.15, -0.1) is 0 Å². The first kappa shape index (κ1) is 15.2. The molecule has 2 aromatic rings. The van der Waals surface area contributed by atoms with Crippen LogP contribution in [-0.2, 0) is 6.42 Å². The van der Waals surface area contributed by atoms with Crippen molar-refractivity contribution in [3.63, 3.8) is 0 Å². The number of hydrogen-bond acceptors (Lipinski definition) is 2. The molecule has 0 saturated heterocycles. The SMILES string of the molecule is CCCNC(Cc1ccccn1)c1ccc(C)cc1Br. The third-order valence-electron chi connectivity index (χ3n) is 3.31. The molecule has 0 amide bonds. The van der Waals surface area contributed by atoms with Gasteiger partial charge in [-0.25, -0.2) is 0 Å². The number of rotatable bonds is 6. The molecule has 0 spiro atoms. The number of pyridine rings is 1. The maximum Gasteiger partial charge on any atom is 0.0422 e. The molecule has 20 heavy (non-hydrogen) atoms. The lowest BCUT2D eigenvalue weighted by Gasteiger charge is -2.20. The van der Waals surface area contributed by atoms with Crippen molar-refractivity contribution in [1.82, 2.24) is 10.3 Å². The van der Waals surface area contributed by atoms with Gasteiger partial charge in [0.1, 0.15) is 0 Å². The second kappa shape index (κ2) is 7.55. The first-order valence-corrected chi connectivity index (χ1v) is 7.89. The number of hydrogen-bond donors (Lipinski definition) is 1. The molecule has 0 radical (unpaired) electrons. The number of aromatic nitrogens is 1. The highest BCUT2D eigenvalue weighted by Crippen LogP contribution is 2.26. The second-order valence-corrected chi connectivity index (χ2v) is 5.91. The van der Waals surface area contributed by atoms with E-state index >= 15 is 0 Å². The van der Waals surface area contributed by atoms with Gasteiger partial charge in [0.25, 0.3) is 0 Å². The van der Waals surface area contributed by atoms with Crippen LogP contribution in [0.2, 0.25) is 0 Å². The van der Waals surface area contributed by atoms with E-state index in [2.05, 4.69) is 64.3 Å². The van der Waals surface area contributed by atoms with Gasteiger partial charge in [-0.2, -0.15) is 0 Å². The molecule has 1 atom stereocenters. The fourth-order valence-electron chi connectivity index (χ4n) is 2.25. The Labute approximate surface area is 129 Å².